The molecular weight excluding hydrogens is 322 g/mol. The minimum atomic E-state index is 0.772. The van der Waals surface area contributed by atoms with Gasteiger partial charge in [0.1, 0.15) is 0 Å². The first kappa shape index (κ1) is 16.6. The summed E-state index contributed by atoms with van der Waals surface area (Å²) in [7, 11) is 0. The number of anilines is 1. The van der Waals surface area contributed by atoms with Crippen LogP contribution in [0.5, 0.6) is 0 Å². The summed E-state index contributed by atoms with van der Waals surface area (Å²) in [5.74, 6) is 0.891. The second-order valence-corrected chi connectivity index (χ2v) is 7.41. The lowest BCUT2D eigenvalue weighted by Crippen LogP contribution is -2.00. The molecule has 0 saturated heterocycles. The van der Waals surface area contributed by atoms with E-state index in [2.05, 4.69) is 22.4 Å². The van der Waals surface area contributed by atoms with Crippen LogP contribution in [-0.4, -0.2) is 16.7 Å². The Morgan fingerprint density at radius 3 is 2.71 bits per heavy atom. The number of hydrogen-bond acceptors (Lipinski definition) is 5. The molecule has 0 radical (unpaired) electrons. The van der Waals surface area contributed by atoms with Crippen molar-refractivity contribution in [2.24, 2.45) is 0 Å². The highest BCUT2D eigenvalue weighted by atomic mass is 35.5. The SMILES string of the molecule is CCCCCCNc1nnc(SCc2ccc(Cl)cc2)s1. The van der Waals surface area contributed by atoms with Crippen LogP contribution >= 0.6 is 34.7 Å². The van der Waals surface area contributed by atoms with E-state index in [1.807, 2.05) is 24.3 Å². The van der Waals surface area contributed by atoms with Crippen LogP contribution in [0.25, 0.3) is 0 Å². The smallest absolute Gasteiger partial charge is 0.206 e. The van der Waals surface area contributed by atoms with Crippen molar-refractivity contribution in [3.8, 4) is 0 Å². The van der Waals surface area contributed by atoms with Gasteiger partial charge >= 0.3 is 0 Å². The molecular formula is C15H20ClN3S2. The predicted octanol–water partition coefficient (Wildman–Crippen LogP) is 5.48. The summed E-state index contributed by atoms with van der Waals surface area (Å²) in [6.45, 7) is 3.21. The van der Waals surface area contributed by atoms with Gasteiger partial charge in [0.05, 0.1) is 0 Å². The van der Waals surface area contributed by atoms with Crippen molar-refractivity contribution in [2.75, 3.05) is 11.9 Å². The monoisotopic (exact) mass is 341 g/mol. The first-order chi connectivity index (χ1) is 10.3. The highest BCUT2D eigenvalue weighted by Crippen LogP contribution is 2.28. The third-order valence-electron chi connectivity index (χ3n) is 2.99. The average molecular weight is 342 g/mol. The van der Waals surface area contributed by atoms with Gasteiger partial charge in [-0.1, -0.05) is 73.0 Å². The first-order valence-electron chi connectivity index (χ1n) is 7.22. The molecule has 1 aromatic heterocycles. The summed E-state index contributed by atoms with van der Waals surface area (Å²) >= 11 is 9.21. The van der Waals surface area contributed by atoms with Gasteiger partial charge in [-0.3, -0.25) is 0 Å². The molecule has 0 aliphatic carbocycles. The van der Waals surface area contributed by atoms with Crippen LogP contribution in [0.15, 0.2) is 28.6 Å². The zero-order valence-electron chi connectivity index (χ0n) is 12.1. The molecule has 0 aliphatic heterocycles. The number of nitrogens with one attached hydrogen (secondary N) is 1. The second-order valence-electron chi connectivity index (χ2n) is 4.78. The molecule has 1 heterocycles. The van der Waals surface area contributed by atoms with E-state index in [-0.39, 0.29) is 0 Å². The van der Waals surface area contributed by atoms with E-state index < -0.39 is 0 Å². The molecule has 0 unspecified atom stereocenters. The maximum atomic E-state index is 5.88. The Labute approximate surface area is 139 Å². The van der Waals surface area contributed by atoms with Crippen molar-refractivity contribution in [3.63, 3.8) is 0 Å². The number of benzene rings is 1. The van der Waals surface area contributed by atoms with E-state index in [0.29, 0.717) is 0 Å². The molecule has 0 bridgehead atoms. The lowest BCUT2D eigenvalue weighted by molar-refractivity contribution is 0.684. The fraction of sp³-hybridized carbons (Fsp3) is 0.467. The van der Waals surface area contributed by atoms with Crippen molar-refractivity contribution in [1.82, 2.24) is 10.2 Å². The van der Waals surface area contributed by atoms with Crippen LogP contribution in [0.4, 0.5) is 5.13 Å². The zero-order chi connectivity index (χ0) is 14.9. The predicted molar refractivity (Wildman–Crippen MR) is 93.6 cm³/mol. The molecule has 2 aromatic rings. The van der Waals surface area contributed by atoms with E-state index in [4.69, 9.17) is 11.6 Å². The zero-order valence-corrected chi connectivity index (χ0v) is 14.5. The molecule has 114 valence electrons. The lowest BCUT2D eigenvalue weighted by atomic mass is 10.2. The van der Waals surface area contributed by atoms with Crippen LogP contribution in [0.1, 0.15) is 38.2 Å². The van der Waals surface area contributed by atoms with Gasteiger partial charge in [0, 0.05) is 17.3 Å². The van der Waals surface area contributed by atoms with Gasteiger partial charge in [0.2, 0.25) is 5.13 Å². The number of unbranched alkanes of at least 4 members (excludes halogenated alkanes) is 3. The van der Waals surface area contributed by atoms with Gasteiger partial charge < -0.3 is 5.32 Å². The number of halogens is 1. The molecule has 0 spiro atoms. The molecule has 0 amide bonds. The summed E-state index contributed by atoms with van der Waals surface area (Å²) in [5.41, 5.74) is 1.24. The summed E-state index contributed by atoms with van der Waals surface area (Å²) < 4.78 is 1.00. The van der Waals surface area contributed by atoms with Gasteiger partial charge in [-0.15, -0.1) is 10.2 Å². The molecule has 2 rings (SSSR count). The number of thioether (sulfide) groups is 1. The second kappa shape index (κ2) is 9.28. The molecule has 0 fully saturated rings. The Morgan fingerprint density at radius 2 is 1.95 bits per heavy atom. The minimum absolute atomic E-state index is 0.772. The van der Waals surface area contributed by atoms with E-state index in [1.165, 1.54) is 31.2 Å². The van der Waals surface area contributed by atoms with Crippen LogP contribution in [-0.2, 0) is 5.75 Å². The maximum Gasteiger partial charge on any atom is 0.206 e. The van der Waals surface area contributed by atoms with Crippen LogP contribution in [0, 0.1) is 0 Å². The van der Waals surface area contributed by atoms with E-state index in [1.54, 1.807) is 23.1 Å². The summed E-state index contributed by atoms with van der Waals surface area (Å²) in [5, 5.41) is 13.4. The quantitative estimate of drug-likeness (QED) is 0.484. The molecule has 21 heavy (non-hydrogen) atoms. The molecule has 0 atom stereocenters. The Balaban J connectivity index is 1.71. The standard InChI is InChI=1S/C15H20ClN3S2/c1-2-3-4-5-10-17-14-18-19-15(21-14)20-11-12-6-8-13(16)9-7-12/h6-9H,2-5,10-11H2,1H3,(H,17,18). The van der Waals surface area contributed by atoms with E-state index >= 15 is 0 Å². The van der Waals surface area contributed by atoms with Crippen LogP contribution < -0.4 is 5.32 Å². The number of hydrogen-bond donors (Lipinski definition) is 1. The molecule has 3 nitrogen and oxygen atoms in total. The minimum Gasteiger partial charge on any atom is -0.360 e. The third kappa shape index (κ3) is 6.24. The molecule has 1 N–H and O–H groups in total. The molecule has 0 aliphatic rings. The Bertz CT molecular complexity index is 528. The number of aromatic nitrogens is 2. The van der Waals surface area contributed by atoms with Crippen molar-refractivity contribution in [3.05, 3.63) is 34.9 Å². The third-order valence-corrected chi connectivity index (χ3v) is 5.33. The summed E-state index contributed by atoms with van der Waals surface area (Å²) in [6, 6.07) is 7.92. The highest BCUT2D eigenvalue weighted by molar-refractivity contribution is 8.00. The number of nitrogens with zero attached hydrogens (tertiary/aromatic N) is 2. The molecule has 6 heteroatoms. The van der Waals surface area contributed by atoms with Crippen molar-refractivity contribution in [2.45, 2.75) is 42.7 Å². The summed E-state index contributed by atoms with van der Waals surface area (Å²) in [6.07, 6.45) is 5.05. The first-order valence-corrected chi connectivity index (χ1v) is 9.40. The number of rotatable bonds is 9. The Kier molecular flexibility index (Phi) is 7.33. The Morgan fingerprint density at radius 1 is 1.14 bits per heavy atom. The Hall–Kier alpha value is -0.780. The van der Waals surface area contributed by atoms with Gasteiger partial charge in [-0.25, -0.2) is 0 Å². The largest absolute Gasteiger partial charge is 0.360 e. The molecule has 1 aromatic carbocycles. The van der Waals surface area contributed by atoms with Crippen molar-refractivity contribution < 1.29 is 0 Å². The average Bonchev–Trinajstić information content (AvgIpc) is 2.94. The van der Waals surface area contributed by atoms with E-state index in [0.717, 1.165) is 26.8 Å². The van der Waals surface area contributed by atoms with Gasteiger partial charge in [0.15, 0.2) is 4.34 Å². The van der Waals surface area contributed by atoms with Gasteiger partial charge in [-0.05, 0) is 24.1 Å². The maximum absolute atomic E-state index is 5.88. The normalized spacial score (nSPS) is 10.8. The van der Waals surface area contributed by atoms with Crippen LogP contribution in [0.3, 0.4) is 0 Å². The van der Waals surface area contributed by atoms with Crippen molar-refractivity contribution in [1.29, 1.82) is 0 Å². The topological polar surface area (TPSA) is 37.8 Å². The van der Waals surface area contributed by atoms with Gasteiger partial charge in [0.25, 0.3) is 0 Å². The lowest BCUT2D eigenvalue weighted by Gasteiger charge is -2.00. The summed E-state index contributed by atoms with van der Waals surface area (Å²) in [4.78, 5) is 0. The fourth-order valence-electron chi connectivity index (χ4n) is 1.81. The van der Waals surface area contributed by atoms with E-state index in [9.17, 15) is 0 Å². The fourth-order valence-corrected chi connectivity index (χ4v) is 3.67. The van der Waals surface area contributed by atoms with Crippen LogP contribution in [0.2, 0.25) is 5.02 Å². The molecule has 0 saturated carbocycles. The van der Waals surface area contributed by atoms with Crippen molar-refractivity contribution >= 4 is 39.8 Å². The van der Waals surface area contributed by atoms with Gasteiger partial charge in [-0.2, -0.15) is 0 Å². The highest BCUT2D eigenvalue weighted by Gasteiger charge is 2.04.